The van der Waals surface area contributed by atoms with Gasteiger partial charge >= 0.3 is 5.97 Å². The number of nitriles is 1. The molecule has 6 nitrogen and oxygen atoms in total. The summed E-state index contributed by atoms with van der Waals surface area (Å²) in [6.07, 6.45) is 1.47. The van der Waals surface area contributed by atoms with Crippen molar-refractivity contribution in [2.24, 2.45) is 5.73 Å². The van der Waals surface area contributed by atoms with Crippen molar-refractivity contribution in [1.82, 2.24) is 0 Å². The Hall–Kier alpha value is -3.20. The van der Waals surface area contributed by atoms with Crippen LogP contribution < -0.4 is 10.5 Å². The second-order valence-electron chi connectivity index (χ2n) is 5.06. The van der Waals surface area contributed by atoms with Crippen LogP contribution in [0.5, 0.6) is 5.75 Å². The van der Waals surface area contributed by atoms with Crippen LogP contribution in [0.4, 0.5) is 0 Å². The molecule has 0 radical (unpaired) electrons. The van der Waals surface area contributed by atoms with Crippen molar-refractivity contribution in [2.45, 2.75) is 12.8 Å². The molecule has 1 aliphatic rings. The number of rotatable bonds is 5. The number of benzene rings is 1. The molecule has 0 aliphatic carbocycles. The van der Waals surface area contributed by atoms with Crippen LogP contribution in [0.1, 0.15) is 18.4 Å². The van der Waals surface area contributed by atoms with Crippen molar-refractivity contribution < 1.29 is 19.0 Å². The molecule has 0 bridgehead atoms. The monoisotopic (exact) mass is 326 g/mol. The van der Waals surface area contributed by atoms with Gasteiger partial charge in [0, 0.05) is 0 Å². The average molecular weight is 326 g/mol. The normalized spacial score (nSPS) is 17.0. The van der Waals surface area contributed by atoms with Gasteiger partial charge in [-0.3, -0.25) is 0 Å². The number of carbonyl (C=O) groups is 1. The number of nitrogens with zero attached hydrogens (tertiary/aromatic N) is 1. The summed E-state index contributed by atoms with van der Waals surface area (Å²) in [5, 5.41) is 9.49. The highest BCUT2D eigenvalue weighted by molar-refractivity contribution is 5.92. The Morgan fingerprint density at radius 1 is 1.54 bits per heavy atom. The predicted octanol–water partition coefficient (Wildman–Crippen LogP) is 2.51. The number of allylic oxidation sites excluding steroid dienone is 2. The molecule has 0 spiro atoms. The molecule has 1 atom stereocenters. The maximum absolute atomic E-state index is 12.5. The van der Waals surface area contributed by atoms with Gasteiger partial charge < -0.3 is 19.9 Å². The highest BCUT2D eigenvalue weighted by Crippen LogP contribution is 2.40. The van der Waals surface area contributed by atoms with Gasteiger partial charge in [0.25, 0.3) is 0 Å². The van der Waals surface area contributed by atoms with Gasteiger partial charge in [-0.05, 0) is 24.6 Å². The lowest BCUT2D eigenvalue weighted by Gasteiger charge is -2.27. The smallest absolute Gasteiger partial charge is 0.338 e. The van der Waals surface area contributed by atoms with E-state index in [0.717, 1.165) is 0 Å². The molecule has 0 saturated heterocycles. The zero-order chi connectivity index (χ0) is 17.7. The number of hydrogen-bond donors (Lipinski definition) is 1. The molecule has 0 aromatic heterocycles. The predicted molar refractivity (Wildman–Crippen MR) is 87.5 cm³/mol. The van der Waals surface area contributed by atoms with E-state index in [-0.39, 0.29) is 23.6 Å². The molecular weight excluding hydrogens is 308 g/mol. The molecule has 2 N–H and O–H groups in total. The molecule has 1 heterocycles. The first-order chi connectivity index (χ1) is 11.5. The fourth-order valence-corrected chi connectivity index (χ4v) is 2.51. The zero-order valence-corrected chi connectivity index (χ0v) is 13.5. The summed E-state index contributed by atoms with van der Waals surface area (Å²) in [5.41, 5.74) is 6.91. The van der Waals surface area contributed by atoms with Crippen molar-refractivity contribution in [1.29, 1.82) is 5.26 Å². The molecule has 2 rings (SSSR count). The Morgan fingerprint density at radius 2 is 2.29 bits per heavy atom. The highest BCUT2D eigenvalue weighted by atomic mass is 16.5. The molecule has 1 aliphatic heterocycles. The third-order valence-electron chi connectivity index (χ3n) is 3.58. The fourth-order valence-electron chi connectivity index (χ4n) is 2.51. The summed E-state index contributed by atoms with van der Waals surface area (Å²) < 4.78 is 15.7. The molecule has 6 heteroatoms. The lowest BCUT2D eigenvalue weighted by molar-refractivity contribution is -0.138. The van der Waals surface area contributed by atoms with E-state index in [1.54, 1.807) is 38.3 Å². The summed E-state index contributed by atoms with van der Waals surface area (Å²) in [7, 11) is 1.54. The third-order valence-corrected chi connectivity index (χ3v) is 3.58. The number of nitrogens with two attached hydrogens (primary N) is 1. The Balaban J connectivity index is 2.57. The minimum absolute atomic E-state index is 0.0249. The van der Waals surface area contributed by atoms with Crippen LogP contribution in [0.25, 0.3) is 0 Å². The quantitative estimate of drug-likeness (QED) is 0.660. The number of methoxy groups -OCH3 is 1. The maximum Gasteiger partial charge on any atom is 0.338 e. The van der Waals surface area contributed by atoms with Gasteiger partial charge in [0.15, 0.2) is 0 Å². The van der Waals surface area contributed by atoms with Crippen LogP contribution in [-0.4, -0.2) is 19.7 Å². The van der Waals surface area contributed by atoms with Crippen LogP contribution in [-0.2, 0) is 14.3 Å². The first-order valence-corrected chi connectivity index (χ1v) is 7.23. The van der Waals surface area contributed by atoms with Gasteiger partial charge in [-0.2, -0.15) is 5.26 Å². The second kappa shape index (κ2) is 7.38. The van der Waals surface area contributed by atoms with Crippen LogP contribution in [0.15, 0.2) is 59.7 Å². The summed E-state index contributed by atoms with van der Waals surface area (Å²) in [4.78, 5) is 12.5. The van der Waals surface area contributed by atoms with Gasteiger partial charge in [0.1, 0.15) is 29.8 Å². The molecule has 124 valence electrons. The lowest BCUT2D eigenvalue weighted by atomic mass is 9.83. The van der Waals surface area contributed by atoms with E-state index in [0.29, 0.717) is 17.1 Å². The fraction of sp³-hybridized carbons (Fsp3) is 0.222. The molecule has 0 fully saturated rings. The van der Waals surface area contributed by atoms with Crippen molar-refractivity contribution in [3.63, 3.8) is 0 Å². The molecule has 1 aromatic carbocycles. The summed E-state index contributed by atoms with van der Waals surface area (Å²) in [6.45, 7) is 5.18. The number of esters is 1. The van der Waals surface area contributed by atoms with Crippen molar-refractivity contribution in [2.75, 3.05) is 13.7 Å². The third kappa shape index (κ3) is 3.25. The Kier molecular flexibility index (Phi) is 5.27. The van der Waals surface area contributed by atoms with Crippen molar-refractivity contribution in [3.8, 4) is 11.8 Å². The molecule has 0 saturated carbocycles. The van der Waals surface area contributed by atoms with E-state index in [9.17, 15) is 10.1 Å². The molecular formula is C18H18N2O4. The van der Waals surface area contributed by atoms with Crippen LogP contribution >= 0.6 is 0 Å². The van der Waals surface area contributed by atoms with Gasteiger partial charge in [-0.15, -0.1) is 0 Å². The van der Waals surface area contributed by atoms with Gasteiger partial charge in [0.2, 0.25) is 5.88 Å². The van der Waals surface area contributed by atoms with E-state index >= 15 is 0 Å². The lowest BCUT2D eigenvalue weighted by Crippen LogP contribution is -2.25. The maximum atomic E-state index is 12.5. The van der Waals surface area contributed by atoms with E-state index in [1.807, 2.05) is 6.07 Å². The van der Waals surface area contributed by atoms with Crippen LogP contribution in [0.2, 0.25) is 0 Å². The minimum atomic E-state index is -0.684. The number of ether oxygens (including phenoxy) is 3. The summed E-state index contributed by atoms with van der Waals surface area (Å²) >= 11 is 0. The van der Waals surface area contributed by atoms with Crippen molar-refractivity contribution in [3.05, 3.63) is 65.3 Å². The Morgan fingerprint density at radius 3 is 2.92 bits per heavy atom. The highest BCUT2D eigenvalue weighted by Gasteiger charge is 2.36. The minimum Gasteiger partial charge on any atom is -0.497 e. The van der Waals surface area contributed by atoms with Crippen molar-refractivity contribution >= 4 is 5.97 Å². The summed E-state index contributed by atoms with van der Waals surface area (Å²) in [5.74, 6) is -0.389. The first kappa shape index (κ1) is 17.2. The van der Waals surface area contributed by atoms with Gasteiger partial charge in [-0.1, -0.05) is 24.8 Å². The topological polar surface area (TPSA) is 94.6 Å². The van der Waals surface area contributed by atoms with Crippen LogP contribution in [0.3, 0.4) is 0 Å². The Labute approximate surface area is 140 Å². The largest absolute Gasteiger partial charge is 0.497 e. The van der Waals surface area contributed by atoms with E-state index in [2.05, 4.69) is 6.58 Å². The second-order valence-corrected chi connectivity index (χ2v) is 5.06. The first-order valence-electron chi connectivity index (χ1n) is 7.23. The number of hydrogen-bond acceptors (Lipinski definition) is 6. The van der Waals surface area contributed by atoms with Crippen LogP contribution in [0, 0.1) is 11.3 Å². The molecule has 0 amide bonds. The Bertz CT molecular complexity index is 771. The van der Waals surface area contributed by atoms with Gasteiger partial charge in [0.05, 0.1) is 18.6 Å². The van der Waals surface area contributed by atoms with E-state index in [1.165, 1.54) is 6.08 Å². The average Bonchev–Trinajstić information content (AvgIpc) is 2.59. The summed E-state index contributed by atoms with van der Waals surface area (Å²) in [6, 6.07) is 9.11. The van der Waals surface area contributed by atoms with Gasteiger partial charge in [-0.25, -0.2) is 4.79 Å². The van der Waals surface area contributed by atoms with E-state index < -0.39 is 11.9 Å². The zero-order valence-electron chi connectivity index (χ0n) is 13.5. The standard InChI is InChI=1S/C18H18N2O4/c1-4-8-23-18(21)15-11(2)24-17(20)14(10-19)16(15)12-6-5-7-13(9-12)22-3/h4-7,9,16H,1,8,20H2,2-3H3. The number of carbonyl (C=O) groups excluding carboxylic acids is 1. The molecule has 24 heavy (non-hydrogen) atoms. The SMILES string of the molecule is C=CCOC(=O)C1=C(C)OC(N)=C(C#N)C1c1cccc(OC)c1. The molecule has 1 unspecified atom stereocenters. The molecule has 1 aromatic rings. The van der Waals surface area contributed by atoms with E-state index in [4.69, 9.17) is 19.9 Å².